The van der Waals surface area contributed by atoms with E-state index in [1.807, 2.05) is 46.1 Å². The molecule has 3 rings (SSSR count). The normalized spacial score (nSPS) is 15.0. The average Bonchev–Trinajstić information content (AvgIpc) is 3.21. The van der Waals surface area contributed by atoms with Crippen molar-refractivity contribution in [3.63, 3.8) is 0 Å². The molecule has 2 aromatic rings. The second-order valence-corrected chi connectivity index (χ2v) is 6.98. The van der Waals surface area contributed by atoms with Gasteiger partial charge in [0.25, 0.3) is 5.91 Å². The van der Waals surface area contributed by atoms with Crippen LogP contribution in [0.25, 0.3) is 0 Å². The predicted molar refractivity (Wildman–Crippen MR) is 103 cm³/mol. The fourth-order valence-electron chi connectivity index (χ4n) is 3.39. The maximum Gasteiger partial charge on any atom is 0.276 e. The Morgan fingerprint density at radius 1 is 1.26 bits per heavy atom. The summed E-state index contributed by atoms with van der Waals surface area (Å²) in [5, 5.41) is 11.8. The van der Waals surface area contributed by atoms with Gasteiger partial charge in [-0.1, -0.05) is 35.5 Å². The molecule has 7 heteroatoms. The van der Waals surface area contributed by atoms with E-state index in [1.165, 1.54) is 0 Å². The molecule has 0 unspecified atom stereocenters. The Hall–Kier alpha value is -2.25. The Labute approximate surface area is 160 Å². The summed E-state index contributed by atoms with van der Waals surface area (Å²) in [6.07, 6.45) is 5.67. The lowest BCUT2D eigenvalue weighted by molar-refractivity contribution is 0.0729. The molecule has 1 aliphatic rings. The predicted octanol–water partition coefficient (Wildman–Crippen LogP) is 2.27. The van der Waals surface area contributed by atoms with Gasteiger partial charge >= 0.3 is 0 Å². The van der Waals surface area contributed by atoms with Crippen LogP contribution in [0.2, 0.25) is 0 Å². The number of methoxy groups -OCH3 is 1. The van der Waals surface area contributed by atoms with Crippen molar-refractivity contribution < 1.29 is 9.53 Å². The van der Waals surface area contributed by atoms with E-state index >= 15 is 0 Å². The summed E-state index contributed by atoms with van der Waals surface area (Å²) in [7, 11) is 1.70. The number of rotatable bonds is 9. The number of benzene rings is 1. The van der Waals surface area contributed by atoms with Crippen molar-refractivity contribution in [1.29, 1.82) is 0 Å². The number of unbranched alkanes of at least 4 members (excludes halogenated alkanes) is 1. The maximum absolute atomic E-state index is 13.1. The van der Waals surface area contributed by atoms with E-state index in [9.17, 15) is 4.79 Å². The first-order valence-electron chi connectivity index (χ1n) is 9.72. The minimum atomic E-state index is -0.0588. The van der Waals surface area contributed by atoms with Crippen molar-refractivity contribution in [3.8, 4) is 0 Å². The first-order valence-corrected chi connectivity index (χ1v) is 9.72. The average molecular weight is 371 g/mol. The molecule has 1 N–H and O–H groups in total. The number of piperidine rings is 1. The molecule has 1 aromatic carbocycles. The standard InChI is InChI=1S/C20H29N5O2/c1-27-14-6-5-13-24(15-17-7-3-2-4-8-17)20(26)19-16-25(23-22-19)18-9-11-21-12-10-18/h2-4,7-8,16,18,21H,5-6,9-15H2,1H3. The molecule has 146 valence electrons. The number of carbonyl (C=O) groups excluding carboxylic acids is 1. The zero-order valence-electron chi connectivity index (χ0n) is 16.0. The van der Waals surface area contributed by atoms with Crippen LogP contribution in [0.1, 0.15) is 47.8 Å². The van der Waals surface area contributed by atoms with Gasteiger partial charge < -0.3 is 15.0 Å². The lowest BCUT2D eigenvalue weighted by Gasteiger charge is -2.23. The Balaban J connectivity index is 1.68. The molecule has 27 heavy (non-hydrogen) atoms. The van der Waals surface area contributed by atoms with Gasteiger partial charge in [-0.3, -0.25) is 4.79 Å². The van der Waals surface area contributed by atoms with Gasteiger partial charge in [0.15, 0.2) is 5.69 Å². The number of nitrogens with one attached hydrogen (secondary N) is 1. The highest BCUT2D eigenvalue weighted by Gasteiger charge is 2.22. The van der Waals surface area contributed by atoms with Crippen LogP contribution in [-0.2, 0) is 11.3 Å². The van der Waals surface area contributed by atoms with E-state index in [2.05, 4.69) is 15.6 Å². The highest BCUT2D eigenvalue weighted by molar-refractivity contribution is 5.91. The van der Waals surface area contributed by atoms with Gasteiger partial charge in [-0.15, -0.1) is 5.10 Å². The zero-order valence-corrected chi connectivity index (χ0v) is 16.0. The second-order valence-electron chi connectivity index (χ2n) is 6.98. The number of ether oxygens (including phenoxy) is 1. The lowest BCUT2D eigenvalue weighted by atomic mass is 10.1. The Kier molecular flexibility index (Phi) is 7.36. The van der Waals surface area contributed by atoms with Crippen molar-refractivity contribution >= 4 is 5.91 Å². The van der Waals surface area contributed by atoms with Crippen molar-refractivity contribution in [1.82, 2.24) is 25.2 Å². The number of hydrogen-bond donors (Lipinski definition) is 1. The minimum absolute atomic E-state index is 0.0588. The molecular weight excluding hydrogens is 342 g/mol. The Bertz CT molecular complexity index is 697. The summed E-state index contributed by atoms with van der Waals surface area (Å²) in [6, 6.07) is 10.4. The summed E-state index contributed by atoms with van der Waals surface area (Å²) in [5.74, 6) is -0.0588. The fraction of sp³-hybridized carbons (Fsp3) is 0.550. The lowest BCUT2D eigenvalue weighted by Crippen LogP contribution is -2.32. The van der Waals surface area contributed by atoms with Crippen molar-refractivity contribution in [2.45, 2.75) is 38.3 Å². The molecule has 0 bridgehead atoms. The molecule has 1 fully saturated rings. The SMILES string of the molecule is COCCCCN(Cc1ccccc1)C(=O)c1cn(C2CCNCC2)nn1. The molecule has 0 spiro atoms. The van der Waals surface area contributed by atoms with E-state index in [1.54, 1.807) is 7.11 Å². The summed E-state index contributed by atoms with van der Waals surface area (Å²) < 4.78 is 6.98. The van der Waals surface area contributed by atoms with Crippen LogP contribution in [0.4, 0.5) is 0 Å². The number of aromatic nitrogens is 3. The molecule has 0 aliphatic carbocycles. The van der Waals surface area contributed by atoms with Crippen LogP contribution in [-0.4, -0.2) is 59.2 Å². The summed E-state index contributed by atoms with van der Waals surface area (Å²) in [5.41, 5.74) is 1.54. The fourth-order valence-corrected chi connectivity index (χ4v) is 3.39. The smallest absolute Gasteiger partial charge is 0.276 e. The molecule has 0 saturated carbocycles. The third kappa shape index (κ3) is 5.61. The van der Waals surface area contributed by atoms with E-state index in [0.29, 0.717) is 31.4 Å². The molecule has 2 heterocycles. The molecule has 1 aliphatic heterocycles. The van der Waals surface area contributed by atoms with E-state index < -0.39 is 0 Å². The summed E-state index contributed by atoms with van der Waals surface area (Å²) in [6.45, 7) is 3.92. The molecule has 0 atom stereocenters. The molecule has 1 saturated heterocycles. The summed E-state index contributed by atoms with van der Waals surface area (Å²) in [4.78, 5) is 14.9. The Morgan fingerprint density at radius 2 is 2.04 bits per heavy atom. The van der Waals surface area contributed by atoms with E-state index in [-0.39, 0.29) is 5.91 Å². The first kappa shape index (κ1) is 19.5. The van der Waals surface area contributed by atoms with Gasteiger partial charge in [0.1, 0.15) is 0 Å². The van der Waals surface area contributed by atoms with Gasteiger partial charge in [-0.2, -0.15) is 0 Å². The second kappa shape index (κ2) is 10.2. The highest BCUT2D eigenvalue weighted by atomic mass is 16.5. The van der Waals surface area contributed by atoms with E-state index in [4.69, 9.17) is 4.74 Å². The summed E-state index contributed by atoms with van der Waals surface area (Å²) >= 11 is 0. The van der Waals surface area contributed by atoms with Gasteiger partial charge in [0, 0.05) is 26.8 Å². The van der Waals surface area contributed by atoms with Crippen LogP contribution >= 0.6 is 0 Å². The van der Waals surface area contributed by atoms with Gasteiger partial charge in [-0.05, 0) is 44.3 Å². The monoisotopic (exact) mass is 371 g/mol. The van der Waals surface area contributed by atoms with Crippen LogP contribution < -0.4 is 5.32 Å². The highest BCUT2D eigenvalue weighted by Crippen LogP contribution is 2.18. The van der Waals surface area contributed by atoms with Crippen LogP contribution in [0.3, 0.4) is 0 Å². The molecule has 1 aromatic heterocycles. The molecule has 1 amide bonds. The number of nitrogens with zero attached hydrogens (tertiary/aromatic N) is 4. The topological polar surface area (TPSA) is 72.3 Å². The van der Waals surface area contributed by atoms with Gasteiger partial charge in [0.05, 0.1) is 12.2 Å². The quantitative estimate of drug-likeness (QED) is 0.685. The third-order valence-corrected chi connectivity index (χ3v) is 4.94. The van der Waals surface area contributed by atoms with Crippen LogP contribution in [0, 0.1) is 0 Å². The van der Waals surface area contributed by atoms with Crippen molar-refractivity contribution in [3.05, 3.63) is 47.8 Å². The van der Waals surface area contributed by atoms with Gasteiger partial charge in [-0.25, -0.2) is 4.68 Å². The molecule has 0 radical (unpaired) electrons. The van der Waals surface area contributed by atoms with Crippen LogP contribution in [0.15, 0.2) is 36.5 Å². The van der Waals surface area contributed by atoms with Gasteiger partial charge in [0.2, 0.25) is 0 Å². The van der Waals surface area contributed by atoms with Crippen LogP contribution in [0.5, 0.6) is 0 Å². The minimum Gasteiger partial charge on any atom is -0.385 e. The number of amides is 1. The first-order chi connectivity index (χ1) is 13.3. The Morgan fingerprint density at radius 3 is 2.78 bits per heavy atom. The number of carbonyl (C=O) groups is 1. The maximum atomic E-state index is 13.1. The largest absolute Gasteiger partial charge is 0.385 e. The zero-order chi connectivity index (χ0) is 18.9. The molecular formula is C20H29N5O2. The third-order valence-electron chi connectivity index (χ3n) is 4.94. The number of hydrogen-bond acceptors (Lipinski definition) is 5. The van der Waals surface area contributed by atoms with E-state index in [0.717, 1.165) is 44.3 Å². The van der Waals surface area contributed by atoms with Crippen molar-refractivity contribution in [2.75, 3.05) is 33.4 Å². The molecule has 7 nitrogen and oxygen atoms in total. The van der Waals surface area contributed by atoms with Crippen molar-refractivity contribution in [2.24, 2.45) is 0 Å².